The summed E-state index contributed by atoms with van der Waals surface area (Å²) in [5.74, 6) is -1.02. The Morgan fingerprint density at radius 2 is 1.92 bits per heavy atom. The van der Waals surface area contributed by atoms with E-state index in [0.29, 0.717) is 51.4 Å². The summed E-state index contributed by atoms with van der Waals surface area (Å²) in [7, 11) is 1.57. The van der Waals surface area contributed by atoms with Crippen molar-refractivity contribution in [3.8, 4) is 0 Å². The second-order valence-electron chi connectivity index (χ2n) is 8.67. The van der Waals surface area contributed by atoms with Crippen molar-refractivity contribution in [2.45, 2.75) is 18.6 Å². The van der Waals surface area contributed by atoms with Crippen molar-refractivity contribution in [2.75, 3.05) is 51.3 Å². The molecule has 2 aromatic heterocycles. The summed E-state index contributed by atoms with van der Waals surface area (Å²) in [5.41, 5.74) is 0.895. The number of urea groups is 1. The van der Waals surface area contributed by atoms with Crippen LogP contribution in [-0.4, -0.2) is 100 Å². The number of amides is 3. The van der Waals surface area contributed by atoms with E-state index in [1.54, 1.807) is 30.5 Å². The molecule has 0 N–H and O–H groups in total. The van der Waals surface area contributed by atoms with Crippen LogP contribution in [0.2, 0.25) is 0 Å². The van der Waals surface area contributed by atoms with Crippen LogP contribution in [0.25, 0.3) is 4.85 Å². The number of ether oxygens (including phenoxy) is 1. The summed E-state index contributed by atoms with van der Waals surface area (Å²) in [6, 6.07) is 1.15. The van der Waals surface area contributed by atoms with Crippen LogP contribution in [0.4, 0.5) is 20.8 Å². The Bertz CT molecular complexity index is 1240. The highest BCUT2D eigenvalue weighted by Gasteiger charge is 2.35. The van der Waals surface area contributed by atoms with E-state index in [9.17, 15) is 14.0 Å². The molecule has 13 heteroatoms. The smallest absolute Gasteiger partial charge is 0.341 e. The van der Waals surface area contributed by atoms with E-state index in [1.165, 1.54) is 16.1 Å². The van der Waals surface area contributed by atoms with Crippen LogP contribution in [0, 0.1) is 12.4 Å². The highest BCUT2D eigenvalue weighted by Crippen LogP contribution is 2.31. The number of piperazine rings is 1. The third kappa shape index (κ3) is 4.42. The second kappa shape index (κ2) is 9.82. The molecule has 36 heavy (non-hydrogen) atoms. The Kier molecular flexibility index (Phi) is 6.43. The molecule has 3 aliphatic heterocycles. The van der Waals surface area contributed by atoms with Gasteiger partial charge in [-0.1, -0.05) is 0 Å². The molecule has 3 amide bonds. The number of anilines is 1. The first-order valence-corrected chi connectivity index (χ1v) is 11.5. The predicted molar refractivity (Wildman–Crippen MR) is 126 cm³/mol. The quantitative estimate of drug-likeness (QED) is 0.596. The van der Waals surface area contributed by atoms with Crippen LogP contribution in [0.1, 0.15) is 28.5 Å². The SMILES string of the molecule is [C-]#[N+]c1cncc([C@@H]2CC=NN2C(=O)N2CCN(c3ncc(F)c(C(=O)N4CC(OC)C4)n3)CC2)c1. The van der Waals surface area contributed by atoms with Gasteiger partial charge in [0.05, 0.1) is 24.9 Å². The van der Waals surface area contributed by atoms with Crippen LogP contribution in [0.3, 0.4) is 0 Å². The van der Waals surface area contributed by atoms with E-state index in [-0.39, 0.29) is 29.8 Å². The molecule has 3 aliphatic rings. The minimum atomic E-state index is -0.770. The lowest BCUT2D eigenvalue weighted by molar-refractivity contribution is -0.0197. The van der Waals surface area contributed by atoms with Gasteiger partial charge in [0.15, 0.2) is 11.5 Å². The molecule has 1 atom stereocenters. The van der Waals surface area contributed by atoms with Gasteiger partial charge in [0.2, 0.25) is 11.6 Å². The van der Waals surface area contributed by atoms with E-state index in [4.69, 9.17) is 11.3 Å². The number of methoxy groups -OCH3 is 1. The number of hydrogen-bond donors (Lipinski definition) is 0. The Hall–Kier alpha value is -4.18. The third-order valence-electron chi connectivity index (χ3n) is 6.52. The first-order chi connectivity index (χ1) is 17.5. The molecular formula is C23H24FN9O3. The fourth-order valence-electron chi connectivity index (χ4n) is 4.37. The van der Waals surface area contributed by atoms with Crippen molar-refractivity contribution in [1.82, 2.24) is 29.8 Å². The van der Waals surface area contributed by atoms with Crippen LogP contribution in [0.5, 0.6) is 0 Å². The van der Waals surface area contributed by atoms with Gasteiger partial charge in [0.25, 0.3) is 5.91 Å². The average Bonchev–Trinajstić information content (AvgIpc) is 3.38. The molecule has 0 radical (unpaired) electrons. The molecule has 2 fully saturated rings. The van der Waals surface area contributed by atoms with Gasteiger partial charge in [0.1, 0.15) is 0 Å². The molecule has 2 saturated heterocycles. The fourth-order valence-corrected chi connectivity index (χ4v) is 4.37. The minimum absolute atomic E-state index is 0.0450. The molecule has 5 heterocycles. The van der Waals surface area contributed by atoms with Crippen molar-refractivity contribution in [1.29, 1.82) is 0 Å². The number of rotatable bonds is 4. The summed E-state index contributed by atoms with van der Waals surface area (Å²) < 4.78 is 19.5. The number of likely N-dealkylation sites (tertiary alicyclic amines) is 1. The summed E-state index contributed by atoms with van der Waals surface area (Å²) in [4.78, 5) is 46.7. The molecule has 12 nitrogen and oxygen atoms in total. The van der Waals surface area contributed by atoms with Crippen molar-refractivity contribution in [2.24, 2.45) is 5.10 Å². The van der Waals surface area contributed by atoms with Crippen LogP contribution < -0.4 is 4.90 Å². The zero-order chi connectivity index (χ0) is 25.2. The monoisotopic (exact) mass is 493 g/mol. The lowest BCUT2D eigenvalue weighted by atomic mass is 10.1. The number of nitrogens with zero attached hydrogens (tertiary/aromatic N) is 9. The second-order valence-corrected chi connectivity index (χ2v) is 8.67. The lowest BCUT2D eigenvalue weighted by Gasteiger charge is -2.38. The van der Waals surface area contributed by atoms with Crippen LogP contribution >= 0.6 is 0 Å². The zero-order valence-electron chi connectivity index (χ0n) is 19.6. The van der Waals surface area contributed by atoms with Crippen molar-refractivity contribution < 1.29 is 18.7 Å². The number of aromatic nitrogens is 3. The van der Waals surface area contributed by atoms with Gasteiger partial charge < -0.3 is 19.4 Å². The number of hydrazone groups is 1. The summed E-state index contributed by atoms with van der Waals surface area (Å²) in [5, 5.41) is 5.69. The van der Waals surface area contributed by atoms with Gasteiger partial charge in [0, 0.05) is 71.4 Å². The lowest BCUT2D eigenvalue weighted by Crippen LogP contribution is -2.55. The van der Waals surface area contributed by atoms with E-state index in [2.05, 4.69) is 24.9 Å². The maximum absolute atomic E-state index is 14.3. The number of carbonyl (C=O) groups is 2. The van der Waals surface area contributed by atoms with Gasteiger partial charge in [-0.15, -0.1) is 0 Å². The standard InChI is InChI=1S/C23H24FN9O3/c1-25-16-9-15(10-26-11-16)19-3-4-28-33(19)23(35)31-7-5-30(6-8-31)22-27-12-18(24)20(29-22)21(34)32-13-17(14-32)36-2/h4,9-12,17,19H,3,5-8,13-14H2,2H3/t19-/m0/s1. The highest BCUT2D eigenvalue weighted by atomic mass is 19.1. The maximum atomic E-state index is 14.3. The number of halogens is 1. The van der Waals surface area contributed by atoms with Gasteiger partial charge in [-0.25, -0.2) is 29.0 Å². The first-order valence-electron chi connectivity index (χ1n) is 11.5. The van der Waals surface area contributed by atoms with Gasteiger partial charge in [-0.2, -0.15) is 5.10 Å². The molecule has 0 aliphatic carbocycles. The predicted octanol–water partition coefficient (Wildman–Crippen LogP) is 1.71. The molecule has 0 spiro atoms. The van der Waals surface area contributed by atoms with E-state index < -0.39 is 11.7 Å². The van der Waals surface area contributed by atoms with Crippen molar-refractivity contribution in [3.63, 3.8) is 0 Å². The van der Waals surface area contributed by atoms with E-state index >= 15 is 0 Å². The third-order valence-corrected chi connectivity index (χ3v) is 6.52. The van der Waals surface area contributed by atoms with Crippen LogP contribution in [-0.2, 0) is 4.74 Å². The van der Waals surface area contributed by atoms with E-state index in [1.807, 2.05) is 4.90 Å². The molecule has 0 unspecified atom stereocenters. The molecule has 186 valence electrons. The largest absolute Gasteiger partial charge is 0.378 e. The maximum Gasteiger partial charge on any atom is 0.341 e. The van der Waals surface area contributed by atoms with E-state index in [0.717, 1.165) is 11.8 Å². The summed E-state index contributed by atoms with van der Waals surface area (Å²) in [6.45, 7) is 9.57. The van der Waals surface area contributed by atoms with Gasteiger partial charge in [-0.05, 0) is 11.6 Å². The van der Waals surface area contributed by atoms with Crippen LogP contribution in [0.15, 0.2) is 29.8 Å². The van der Waals surface area contributed by atoms with Crippen molar-refractivity contribution in [3.05, 3.63) is 53.1 Å². The molecular weight excluding hydrogens is 469 g/mol. The summed E-state index contributed by atoms with van der Waals surface area (Å²) >= 11 is 0. The Labute approximate surface area is 206 Å². The minimum Gasteiger partial charge on any atom is -0.378 e. The van der Waals surface area contributed by atoms with Crippen molar-refractivity contribution >= 4 is 29.8 Å². The number of carbonyl (C=O) groups excluding carboxylic acids is 2. The average molecular weight is 494 g/mol. The normalized spacial score (nSPS) is 19.9. The molecule has 0 aromatic carbocycles. The zero-order valence-corrected chi connectivity index (χ0v) is 19.6. The Morgan fingerprint density at radius 1 is 1.14 bits per heavy atom. The first kappa shape index (κ1) is 23.6. The van der Waals surface area contributed by atoms with Gasteiger partial charge >= 0.3 is 6.03 Å². The summed E-state index contributed by atoms with van der Waals surface area (Å²) in [6.07, 6.45) is 6.31. The molecule has 0 bridgehead atoms. The molecule has 0 saturated carbocycles. The Morgan fingerprint density at radius 3 is 2.64 bits per heavy atom. The topological polar surface area (TPSA) is 112 Å². The fraction of sp³-hybridized carbons (Fsp3) is 0.435. The molecule has 5 rings (SSSR count). The highest BCUT2D eigenvalue weighted by molar-refractivity contribution is 5.93. The number of pyridine rings is 1. The number of hydrogen-bond acceptors (Lipinski definition) is 8. The molecule has 2 aromatic rings. The van der Waals surface area contributed by atoms with Gasteiger partial charge in [-0.3, -0.25) is 9.78 Å². The Balaban J connectivity index is 1.22.